The van der Waals surface area contributed by atoms with Crippen molar-refractivity contribution in [2.45, 2.75) is 33.3 Å². The summed E-state index contributed by atoms with van der Waals surface area (Å²) in [6.45, 7) is 7.15. The molecule has 2 heterocycles. The number of amides is 2. The SMILES string of the molecule is Cc1ccc(C(=O)Nc2nn(-c3ccccc3)cc2NC(=O)OC(C)(C)C)cn1. The van der Waals surface area contributed by atoms with Crippen molar-refractivity contribution in [2.24, 2.45) is 0 Å². The van der Waals surface area contributed by atoms with Gasteiger partial charge < -0.3 is 10.1 Å². The van der Waals surface area contributed by atoms with Gasteiger partial charge in [-0.05, 0) is 52.0 Å². The molecule has 29 heavy (non-hydrogen) atoms. The summed E-state index contributed by atoms with van der Waals surface area (Å²) in [5.41, 5.74) is 1.63. The highest BCUT2D eigenvalue weighted by molar-refractivity contribution is 6.05. The lowest BCUT2D eigenvalue weighted by molar-refractivity contribution is 0.0635. The van der Waals surface area contributed by atoms with Crippen LogP contribution < -0.4 is 10.6 Å². The Bertz CT molecular complexity index is 1010. The maximum Gasteiger partial charge on any atom is 0.412 e. The Morgan fingerprint density at radius 3 is 2.38 bits per heavy atom. The van der Waals surface area contributed by atoms with E-state index in [1.54, 1.807) is 43.8 Å². The lowest BCUT2D eigenvalue weighted by atomic mass is 10.2. The molecule has 0 fully saturated rings. The number of aryl methyl sites for hydroxylation is 1. The molecule has 0 saturated carbocycles. The topological polar surface area (TPSA) is 98.1 Å². The van der Waals surface area contributed by atoms with Crippen LogP contribution in [0.5, 0.6) is 0 Å². The maximum atomic E-state index is 12.6. The Labute approximate surface area is 168 Å². The minimum atomic E-state index is -0.656. The first-order chi connectivity index (χ1) is 13.7. The van der Waals surface area contributed by atoms with Gasteiger partial charge in [0.1, 0.15) is 11.3 Å². The molecule has 150 valence electrons. The first-order valence-electron chi connectivity index (χ1n) is 9.10. The third-order valence-electron chi connectivity index (χ3n) is 3.78. The van der Waals surface area contributed by atoms with E-state index < -0.39 is 11.7 Å². The second kappa shape index (κ2) is 8.14. The van der Waals surface area contributed by atoms with Crippen molar-refractivity contribution in [1.82, 2.24) is 14.8 Å². The van der Waals surface area contributed by atoms with Crippen LogP contribution in [0.3, 0.4) is 0 Å². The van der Waals surface area contributed by atoms with Gasteiger partial charge in [0.05, 0.1) is 17.4 Å². The zero-order chi connectivity index (χ0) is 21.0. The average molecular weight is 393 g/mol. The number of ether oxygens (including phenoxy) is 1. The minimum absolute atomic E-state index is 0.199. The number of para-hydroxylation sites is 1. The number of hydrogen-bond acceptors (Lipinski definition) is 5. The average Bonchev–Trinajstić information content (AvgIpc) is 3.03. The van der Waals surface area contributed by atoms with Crippen LogP contribution in [0.15, 0.2) is 54.9 Å². The fraction of sp³-hybridized carbons (Fsp3) is 0.238. The van der Waals surface area contributed by atoms with Gasteiger partial charge in [0.2, 0.25) is 0 Å². The number of hydrogen-bond donors (Lipinski definition) is 2. The van der Waals surface area contributed by atoms with E-state index in [2.05, 4.69) is 20.7 Å². The zero-order valence-electron chi connectivity index (χ0n) is 16.8. The summed E-state index contributed by atoms with van der Waals surface area (Å²) in [5.74, 6) is -0.187. The minimum Gasteiger partial charge on any atom is -0.444 e. The summed E-state index contributed by atoms with van der Waals surface area (Å²) >= 11 is 0. The largest absolute Gasteiger partial charge is 0.444 e. The summed E-state index contributed by atoms with van der Waals surface area (Å²) < 4.78 is 6.87. The Kier molecular flexibility index (Phi) is 5.63. The molecular formula is C21H23N5O3. The van der Waals surface area contributed by atoms with Gasteiger partial charge in [-0.3, -0.25) is 15.1 Å². The molecule has 2 amide bonds. The third kappa shape index (κ3) is 5.41. The molecule has 0 bridgehead atoms. The summed E-state index contributed by atoms with van der Waals surface area (Å²) in [5, 5.41) is 9.78. The molecule has 2 N–H and O–H groups in total. The van der Waals surface area contributed by atoms with Crippen LogP contribution in [0.1, 0.15) is 36.8 Å². The predicted octanol–water partition coefficient (Wildman–Crippen LogP) is 4.18. The van der Waals surface area contributed by atoms with Crippen molar-refractivity contribution >= 4 is 23.5 Å². The molecule has 3 aromatic rings. The summed E-state index contributed by atoms with van der Waals surface area (Å²) in [6, 6.07) is 12.8. The van der Waals surface area contributed by atoms with E-state index >= 15 is 0 Å². The lowest BCUT2D eigenvalue weighted by Gasteiger charge is -2.19. The molecule has 8 heteroatoms. The van der Waals surface area contributed by atoms with Crippen LogP contribution in [-0.2, 0) is 4.74 Å². The van der Waals surface area contributed by atoms with Crippen LogP contribution in [-0.4, -0.2) is 32.4 Å². The van der Waals surface area contributed by atoms with E-state index in [-0.39, 0.29) is 11.7 Å². The summed E-state index contributed by atoms with van der Waals surface area (Å²) in [4.78, 5) is 28.9. The van der Waals surface area contributed by atoms with E-state index in [4.69, 9.17) is 4.74 Å². The van der Waals surface area contributed by atoms with Crippen molar-refractivity contribution in [2.75, 3.05) is 10.6 Å². The molecule has 8 nitrogen and oxygen atoms in total. The van der Waals surface area contributed by atoms with Gasteiger partial charge in [0, 0.05) is 11.9 Å². The first-order valence-corrected chi connectivity index (χ1v) is 9.10. The third-order valence-corrected chi connectivity index (χ3v) is 3.78. The second-order valence-corrected chi connectivity index (χ2v) is 7.44. The number of nitrogens with one attached hydrogen (secondary N) is 2. The molecule has 0 atom stereocenters. The van der Waals surface area contributed by atoms with Crippen molar-refractivity contribution < 1.29 is 14.3 Å². The quantitative estimate of drug-likeness (QED) is 0.693. The van der Waals surface area contributed by atoms with Gasteiger partial charge in [0.15, 0.2) is 5.82 Å². The molecule has 0 radical (unpaired) electrons. The Morgan fingerprint density at radius 1 is 1.03 bits per heavy atom. The van der Waals surface area contributed by atoms with E-state index in [0.29, 0.717) is 11.3 Å². The number of aromatic nitrogens is 3. The molecule has 1 aromatic carbocycles. The number of rotatable bonds is 4. The molecule has 0 aliphatic heterocycles. The molecule has 0 spiro atoms. The number of nitrogens with zero attached hydrogens (tertiary/aromatic N) is 3. The van der Waals surface area contributed by atoms with Crippen molar-refractivity contribution in [1.29, 1.82) is 0 Å². The van der Waals surface area contributed by atoms with Gasteiger partial charge in [-0.25, -0.2) is 9.48 Å². The van der Waals surface area contributed by atoms with Crippen LogP contribution in [0.2, 0.25) is 0 Å². The number of carbonyl (C=O) groups is 2. The van der Waals surface area contributed by atoms with Crippen molar-refractivity contribution in [3.63, 3.8) is 0 Å². The number of pyridine rings is 1. The van der Waals surface area contributed by atoms with E-state index in [9.17, 15) is 9.59 Å². The van der Waals surface area contributed by atoms with Gasteiger partial charge in [-0.2, -0.15) is 0 Å². The molecule has 0 unspecified atom stereocenters. The van der Waals surface area contributed by atoms with E-state index in [1.807, 2.05) is 37.3 Å². The number of benzene rings is 1. The fourth-order valence-electron chi connectivity index (χ4n) is 2.47. The molecule has 0 saturated heterocycles. The van der Waals surface area contributed by atoms with E-state index in [1.165, 1.54) is 6.20 Å². The molecule has 0 aliphatic rings. The fourth-order valence-corrected chi connectivity index (χ4v) is 2.47. The zero-order valence-corrected chi connectivity index (χ0v) is 16.8. The number of carbonyl (C=O) groups excluding carboxylic acids is 2. The Hall–Kier alpha value is -3.68. The highest BCUT2D eigenvalue weighted by Crippen LogP contribution is 2.24. The summed E-state index contributed by atoms with van der Waals surface area (Å²) in [7, 11) is 0. The smallest absolute Gasteiger partial charge is 0.412 e. The molecule has 3 rings (SSSR count). The van der Waals surface area contributed by atoms with Crippen LogP contribution in [0, 0.1) is 6.92 Å². The molecule has 0 aliphatic carbocycles. The normalized spacial score (nSPS) is 11.0. The molecular weight excluding hydrogens is 370 g/mol. The Balaban J connectivity index is 1.88. The number of anilines is 2. The van der Waals surface area contributed by atoms with Gasteiger partial charge in [-0.15, -0.1) is 5.10 Å². The molecule has 2 aromatic heterocycles. The van der Waals surface area contributed by atoms with Gasteiger partial charge in [-0.1, -0.05) is 18.2 Å². The highest BCUT2D eigenvalue weighted by Gasteiger charge is 2.20. The van der Waals surface area contributed by atoms with Crippen molar-refractivity contribution in [3.8, 4) is 5.69 Å². The second-order valence-electron chi connectivity index (χ2n) is 7.44. The van der Waals surface area contributed by atoms with Crippen LogP contribution in [0.4, 0.5) is 16.3 Å². The van der Waals surface area contributed by atoms with Crippen LogP contribution >= 0.6 is 0 Å². The van der Waals surface area contributed by atoms with Gasteiger partial charge in [0.25, 0.3) is 5.91 Å². The van der Waals surface area contributed by atoms with Crippen LogP contribution in [0.25, 0.3) is 5.69 Å². The monoisotopic (exact) mass is 393 g/mol. The van der Waals surface area contributed by atoms with Crippen molar-refractivity contribution in [3.05, 3.63) is 66.1 Å². The first kappa shape index (κ1) is 20.1. The Morgan fingerprint density at radius 2 is 1.76 bits per heavy atom. The maximum absolute atomic E-state index is 12.6. The highest BCUT2D eigenvalue weighted by atomic mass is 16.6. The predicted molar refractivity (Wildman–Crippen MR) is 110 cm³/mol. The van der Waals surface area contributed by atoms with E-state index in [0.717, 1.165) is 11.4 Å². The standard InChI is InChI=1S/C21H23N5O3/c1-14-10-11-15(12-22-14)19(27)24-18-17(23-20(28)29-21(2,3)4)13-26(25-18)16-8-6-5-7-9-16/h5-13H,1-4H3,(H,23,28)(H,24,25,27). The summed E-state index contributed by atoms with van der Waals surface area (Å²) in [6.07, 6.45) is 2.46. The van der Waals surface area contributed by atoms with Gasteiger partial charge >= 0.3 is 6.09 Å². The lowest BCUT2D eigenvalue weighted by Crippen LogP contribution is -2.27.